The number of aromatic nitrogens is 2. The Balaban J connectivity index is 1.56. The number of halogens is 2. The third kappa shape index (κ3) is 1.73. The molecule has 3 aliphatic rings. The van der Waals surface area contributed by atoms with E-state index in [2.05, 4.69) is 31.2 Å². The van der Waals surface area contributed by atoms with Crippen molar-refractivity contribution in [3.05, 3.63) is 16.7 Å². The summed E-state index contributed by atoms with van der Waals surface area (Å²) in [6.45, 7) is 0.902. The number of nitrogens with zero attached hydrogens (tertiary/aromatic N) is 2. The maximum atomic E-state index is 13.5. The van der Waals surface area contributed by atoms with Crippen LogP contribution in [0.5, 0.6) is 0 Å². The lowest BCUT2D eigenvalue weighted by Crippen LogP contribution is -2.61. The molecule has 3 fully saturated rings. The predicted molar refractivity (Wildman–Crippen MR) is 75.8 cm³/mol. The molecular weight excluding hydrogens is 325 g/mol. The van der Waals surface area contributed by atoms with E-state index in [1.54, 1.807) is 0 Å². The van der Waals surface area contributed by atoms with Crippen molar-refractivity contribution < 1.29 is 9.13 Å². The van der Waals surface area contributed by atoms with E-state index in [4.69, 9.17) is 4.74 Å². The van der Waals surface area contributed by atoms with Crippen LogP contribution in [0.4, 0.5) is 10.2 Å². The zero-order valence-electron chi connectivity index (χ0n) is 11.1. The lowest BCUT2D eigenvalue weighted by Gasteiger charge is -2.57. The van der Waals surface area contributed by atoms with Crippen LogP contribution in [0.1, 0.15) is 32.1 Å². The van der Waals surface area contributed by atoms with Gasteiger partial charge in [0.25, 0.3) is 0 Å². The highest BCUT2D eigenvalue weighted by molar-refractivity contribution is 9.10. The monoisotopic (exact) mass is 341 g/mol. The predicted octanol–water partition coefficient (Wildman–Crippen LogP) is 3.14. The minimum absolute atomic E-state index is 0.105. The van der Waals surface area contributed by atoms with Gasteiger partial charge < -0.3 is 10.1 Å². The Morgan fingerprint density at radius 3 is 3.15 bits per heavy atom. The Labute approximate surface area is 125 Å². The van der Waals surface area contributed by atoms with E-state index < -0.39 is 5.95 Å². The smallest absolute Gasteiger partial charge is 0.232 e. The molecule has 1 aromatic rings. The number of anilines is 1. The summed E-state index contributed by atoms with van der Waals surface area (Å²) in [6.07, 6.45) is 7.13. The molecule has 4 atom stereocenters. The number of ether oxygens (including phenoxy) is 1. The number of rotatable bonds is 2. The van der Waals surface area contributed by atoms with Gasteiger partial charge in [-0.3, -0.25) is 0 Å². The summed E-state index contributed by atoms with van der Waals surface area (Å²) < 4.78 is 19.9. The Morgan fingerprint density at radius 1 is 1.40 bits per heavy atom. The number of hydrogen-bond acceptors (Lipinski definition) is 4. The van der Waals surface area contributed by atoms with E-state index in [1.807, 2.05) is 0 Å². The molecule has 6 heteroatoms. The first-order chi connectivity index (χ1) is 9.71. The molecule has 20 heavy (non-hydrogen) atoms. The van der Waals surface area contributed by atoms with E-state index in [0.29, 0.717) is 22.3 Å². The van der Waals surface area contributed by atoms with Crippen LogP contribution in [-0.2, 0) is 4.74 Å². The summed E-state index contributed by atoms with van der Waals surface area (Å²) >= 11 is 3.22. The highest BCUT2D eigenvalue weighted by Gasteiger charge is 2.62. The lowest BCUT2D eigenvalue weighted by atomic mass is 9.53. The van der Waals surface area contributed by atoms with Crippen molar-refractivity contribution >= 4 is 21.7 Å². The van der Waals surface area contributed by atoms with Gasteiger partial charge in [0.15, 0.2) is 0 Å². The van der Waals surface area contributed by atoms with Crippen molar-refractivity contribution in [1.29, 1.82) is 0 Å². The van der Waals surface area contributed by atoms with Crippen LogP contribution >= 0.6 is 15.9 Å². The Kier molecular flexibility index (Phi) is 3.00. The van der Waals surface area contributed by atoms with Crippen LogP contribution < -0.4 is 5.32 Å². The van der Waals surface area contributed by atoms with Gasteiger partial charge >= 0.3 is 0 Å². The second-order valence-corrected chi connectivity index (χ2v) is 6.89. The molecule has 2 aliphatic carbocycles. The highest BCUT2D eigenvalue weighted by atomic mass is 79.9. The maximum absolute atomic E-state index is 13.5. The van der Waals surface area contributed by atoms with Gasteiger partial charge in [0.2, 0.25) is 5.95 Å². The lowest BCUT2D eigenvalue weighted by molar-refractivity contribution is -0.160. The molecule has 1 N–H and O–H groups in total. The SMILES string of the molecule is Fc1ncnc(NC2CCCC34OCCC3CC24)c1Br. The third-order valence-corrected chi connectivity index (χ3v) is 6.03. The van der Waals surface area contributed by atoms with Crippen LogP contribution in [0.25, 0.3) is 0 Å². The van der Waals surface area contributed by atoms with Gasteiger partial charge in [-0.05, 0) is 54.0 Å². The first-order valence-electron chi connectivity index (χ1n) is 7.27. The first-order valence-corrected chi connectivity index (χ1v) is 8.06. The summed E-state index contributed by atoms with van der Waals surface area (Å²) in [5.74, 6) is 1.31. The second-order valence-electron chi connectivity index (χ2n) is 6.10. The summed E-state index contributed by atoms with van der Waals surface area (Å²) in [5.41, 5.74) is 0.105. The normalized spacial score (nSPS) is 38.8. The fourth-order valence-electron chi connectivity index (χ4n) is 4.39. The van der Waals surface area contributed by atoms with Gasteiger partial charge in [-0.2, -0.15) is 4.39 Å². The van der Waals surface area contributed by atoms with Crippen LogP contribution in [0.3, 0.4) is 0 Å². The third-order valence-electron chi connectivity index (χ3n) is 5.33. The first kappa shape index (κ1) is 13.0. The van der Waals surface area contributed by atoms with Gasteiger partial charge in [0, 0.05) is 18.6 Å². The van der Waals surface area contributed by atoms with Crippen molar-refractivity contribution in [1.82, 2.24) is 9.97 Å². The number of nitrogens with one attached hydrogen (secondary N) is 1. The Bertz CT molecular complexity index is 543. The summed E-state index contributed by atoms with van der Waals surface area (Å²) in [5, 5.41) is 3.41. The van der Waals surface area contributed by atoms with Gasteiger partial charge in [0.05, 0.1) is 5.60 Å². The molecular formula is C14H17BrFN3O. The molecule has 0 amide bonds. The average molecular weight is 342 g/mol. The average Bonchev–Trinajstić information content (AvgIpc) is 2.70. The molecule has 4 unspecified atom stereocenters. The van der Waals surface area contributed by atoms with Crippen molar-refractivity contribution in [2.45, 2.75) is 43.7 Å². The van der Waals surface area contributed by atoms with E-state index in [-0.39, 0.29) is 5.60 Å². The van der Waals surface area contributed by atoms with Crippen molar-refractivity contribution in [2.24, 2.45) is 11.8 Å². The van der Waals surface area contributed by atoms with E-state index >= 15 is 0 Å². The minimum Gasteiger partial charge on any atom is -0.374 e. The van der Waals surface area contributed by atoms with Gasteiger partial charge in [0.1, 0.15) is 16.6 Å². The summed E-state index contributed by atoms with van der Waals surface area (Å²) in [4.78, 5) is 7.69. The Hall–Kier alpha value is -0.750. The summed E-state index contributed by atoms with van der Waals surface area (Å²) in [6, 6.07) is 0.323. The van der Waals surface area contributed by atoms with Crippen LogP contribution in [0, 0.1) is 17.8 Å². The minimum atomic E-state index is -0.517. The van der Waals surface area contributed by atoms with Crippen LogP contribution in [0.15, 0.2) is 10.8 Å². The quantitative estimate of drug-likeness (QED) is 0.839. The standard InChI is InChI=1S/C14H17BrFN3O/c15-11-12(16)17-7-18-13(11)19-10-2-1-4-14-8(3-5-20-14)6-9(10)14/h7-10H,1-6H2,(H,17,18,19). The fourth-order valence-corrected chi connectivity index (χ4v) is 4.71. The molecule has 2 saturated carbocycles. The molecule has 108 valence electrons. The molecule has 1 spiro atoms. The fraction of sp³-hybridized carbons (Fsp3) is 0.714. The van der Waals surface area contributed by atoms with Gasteiger partial charge in [-0.25, -0.2) is 9.97 Å². The van der Waals surface area contributed by atoms with Crippen molar-refractivity contribution in [3.63, 3.8) is 0 Å². The topological polar surface area (TPSA) is 47.0 Å². The summed E-state index contributed by atoms with van der Waals surface area (Å²) in [7, 11) is 0. The van der Waals surface area contributed by atoms with E-state index in [0.717, 1.165) is 25.4 Å². The van der Waals surface area contributed by atoms with E-state index in [1.165, 1.54) is 25.6 Å². The molecule has 1 aromatic heterocycles. The van der Waals surface area contributed by atoms with Crippen molar-refractivity contribution in [3.8, 4) is 0 Å². The van der Waals surface area contributed by atoms with Gasteiger partial charge in [-0.15, -0.1) is 0 Å². The van der Waals surface area contributed by atoms with Crippen molar-refractivity contribution in [2.75, 3.05) is 11.9 Å². The second kappa shape index (κ2) is 4.63. The van der Waals surface area contributed by atoms with E-state index in [9.17, 15) is 4.39 Å². The van der Waals surface area contributed by atoms with Gasteiger partial charge in [-0.1, -0.05) is 0 Å². The maximum Gasteiger partial charge on any atom is 0.232 e. The van der Waals surface area contributed by atoms with Crippen LogP contribution in [-0.4, -0.2) is 28.2 Å². The number of hydrogen-bond donors (Lipinski definition) is 1. The zero-order valence-corrected chi connectivity index (χ0v) is 12.7. The molecule has 1 saturated heterocycles. The molecule has 2 heterocycles. The molecule has 4 rings (SSSR count). The molecule has 0 radical (unpaired) electrons. The Morgan fingerprint density at radius 2 is 2.30 bits per heavy atom. The van der Waals surface area contributed by atoms with Crippen LogP contribution in [0.2, 0.25) is 0 Å². The highest BCUT2D eigenvalue weighted by Crippen LogP contribution is 2.59. The largest absolute Gasteiger partial charge is 0.374 e. The molecule has 1 aliphatic heterocycles. The molecule has 0 bridgehead atoms. The molecule has 4 nitrogen and oxygen atoms in total. The molecule has 0 aromatic carbocycles. The zero-order chi connectivity index (χ0) is 13.7.